The molecule has 66 heavy (non-hydrogen) atoms. The van der Waals surface area contributed by atoms with Gasteiger partial charge in [0.15, 0.2) is 0 Å². The maximum absolute atomic E-state index is 12.5. The van der Waals surface area contributed by atoms with Crippen LogP contribution in [0.4, 0.5) is 0 Å². The Morgan fingerprint density at radius 3 is 1.23 bits per heavy atom. The number of rotatable bonds is 54. The molecule has 0 N–H and O–H groups in total. The number of unbranched alkanes of at least 4 members (excludes halogenated alkanes) is 16. The predicted molar refractivity (Wildman–Crippen MR) is 266 cm³/mol. The van der Waals surface area contributed by atoms with Crippen LogP contribution in [0.3, 0.4) is 0 Å². The normalized spacial score (nSPS) is 12.8. The molecule has 0 aromatic carbocycles. The van der Waals surface area contributed by atoms with Gasteiger partial charge < -0.3 is 37.9 Å². The highest BCUT2D eigenvalue weighted by molar-refractivity contribution is 7.85. The average Bonchev–Trinajstić information content (AvgIpc) is 3.29. The number of carbonyl (C=O) groups excluding carboxylic acids is 2. The fourth-order valence-electron chi connectivity index (χ4n) is 7.54. The lowest BCUT2D eigenvalue weighted by molar-refractivity contribution is -0.146. The van der Waals surface area contributed by atoms with E-state index in [1.54, 1.807) is 0 Å². The first-order valence-corrected chi connectivity index (χ1v) is 28.6. The van der Waals surface area contributed by atoms with Gasteiger partial charge in [-0.2, -0.15) is 8.42 Å². The van der Waals surface area contributed by atoms with Gasteiger partial charge in [-0.15, -0.1) is 0 Å². The summed E-state index contributed by atoms with van der Waals surface area (Å²) in [5, 5.41) is 0. The molecule has 0 aliphatic carbocycles. The summed E-state index contributed by atoms with van der Waals surface area (Å²) in [7, 11) is -3.45. The zero-order valence-electron chi connectivity index (χ0n) is 43.1. The van der Waals surface area contributed by atoms with Crippen LogP contribution in [0, 0.1) is 11.8 Å². The van der Waals surface area contributed by atoms with Gasteiger partial charge in [0.1, 0.15) is 6.10 Å². The fraction of sp³-hybridized carbons (Fsp3) is 0.962. The largest absolute Gasteiger partial charge is 0.465 e. The van der Waals surface area contributed by atoms with E-state index in [1.165, 1.54) is 83.5 Å². The predicted octanol–water partition coefficient (Wildman–Crippen LogP) is 11.8. The molecule has 0 saturated carbocycles. The Kier molecular flexibility index (Phi) is 49.0. The van der Waals surface area contributed by atoms with E-state index in [2.05, 4.69) is 31.9 Å². The van der Waals surface area contributed by atoms with Gasteiger partial charge in [0.2, 0.25) is 0 Å². The van der Waals surface area contributed by atoms with E-state index < -0.39 is 10.1 Å². The van der Waals surface area contributed by atoms with Crippen molar-refractivity contribution in [2.24, 2.45) is 11.8 Å². The van der Waals surface area contributed by atoms with Crippen LogP contribution in [0.2, 0.25) is 0 Å². The van der Waals surface area contributed by atoms with Gasteiger partial charge in [0.25, 0.3) is 10.1 Å². The van der Waals surface area contributed by atoms with Crippen molar-refractivity contribution in [1.82, 2.24) is 0 Å². The smallest absolute Gasteiger partial charge is 0.305 e. The summed E-state index contributed by atoms with van der Waals surface area (Å²) in [6.07, 6.45) is 31.1. The van der Waals surface area contributed by atoms with Crippen LogP contribution in [0.25, 0.3) is 0 Å². The van der Waals surface area contributed by atoms with Gasteiger partial charge >= 0.3 is 11.9 Å². The molecule has 0 aliphatic heterocycles. The van der Waals surface area contributed by atoms with Gasteiger partial charge in [-0.05, 0) is 63.2 Å². The molecular weight excluding hydrogens is 865 g/mol. The second-order valence-electron chi connectivity index (χ2n) is 18.1. The Morgan fingerprint density at radius 2 is 0.742 bits per heavy atom. The minimum absolute atomic E-state index is 0.0133. The highest BCUT2D eigenvalue weighted by atomic mass is 32.2. The van der Waals surface area contributed by atoms with Crippen molar-refractivity contribution < 1.29 is 60.1 Å². The summed E-state index contributed by atoms with van der Waals surface area (Å²) in [5.74, 6) is 0.892. The summed E-state index contributed by atoms with van der Waals surface area (Å²) < 4.78 is 72.5. The van der Waals surface area contributed by atoms with Gasteiger partial charge in [-0.25, -0.2) is 0 Å². The van der Waals surface area contributed by atoms with Crippen LogP contribution in [0.5, 0.6) is 0 Å². The Labute approximate surface area is 405 Å². The van der Waals surface area contributed by atoms with E-state index >= 15 is 0 Å². The first-order valence-electron chi connectivity index (χ1n) is 26.8. The van der Waals surface area contributed by atoms with Crippen LogP contribution in [-0.4, -0.2) is 125 Å². The van der Waals surface area contributed by atoms with Crippen molar-refractivity contribution in [3.05, 3.63) is 0 Å². The first-order chi connectivity index (χ1) is 32.1. The zero-order chi connectivity index (χ0) is 48.4. The van der Waals surface area contributed by atoms with E-state index in [1.807, 2.05) is 0 Å². The summed E-state index contributed by atoms with van der Waals surface area (Å²) in [4.78, 5) is 24.9. The van der Waals surface area contributed by atoms with Crippen molar-refractivity contribution in [2.45, 2.75) is 214 Å². The molecule has 2 unspecified atom stereocenters. The number of carbonyl (C=O) groups is 2. The van der Waals surface area contributed by atoms with E-state index in [-0.39, 0.29) is 31.3 Å². The average molecular weight is 967 g/mol. The molecular formula is C52H102O13S. The lowest BCUT2D eigenvalue weighted by Crippen LogP contribution is -2.27. The molecule has 0 radical (unpaired) electrons. The number of ether oxygens (including phenoxy) is 8. The third-order valence-corrected chi connectivity index (χ3v) is 12.2. The molecule has 0 bridgehead atoms. The number of hydrogen-bond acceptors (Lipinski definition) is 13. The molecule has 0 spiro atoms. The molecule has 2 atom stereocenters. The van der Waals surface area contributed by atoms with E-state index in [0.29, 0.717) is 104 Å². The van der Waals surface area contributed by atoms with Crippen LogP contribution >= 0.6 is 0 Å². The maximum Gasteiger partial charge on any atom is 0.305 e. The maximum atomic E-state index is 12.5. The molecule has 13 nitrogen and oxygen atoms in total. The van der Waals surface area contributed by atoms with Gasteiger partial charge in [-0.1, -0.05) is 143 Å². The standard InChI is InChI=1S/C52H102O13S/c1-6-10-14-23-31-48(28-13-9-4)44-63-51(53)32-24-17-15-19-26-34-60-46-50(47-61-41-40-58-37-36-57-38-39-59-42-43-65-66(5,55)56)62-35-27-20-16-18-25-33-52(54)64-45-49(29-21-11-7-2)30-22-12-8-3/h48-50H,6-47H2,1-5H3. The molecule has 0 aromatic rings. The minimum atomic E-state index is -3.45. The summed E-state index contributed by atoms with van der Waals surface area (Å²) >= 11 is 0. The number of esters is 2. The molecule has 0 fully saturated rings. The second kappa shape index (κ2) is 50.0. The molecule has 0 rings (SSSR count). The third-order valence-electron chi connectivity index (χ3n) is 11.6. The SMILES string of the molecule is CCCCCCC(CCCC)COC(=O)CCCCCCCOCC(COCCOCCOCCOCCOS(C)(=O)=O)OCCCCCCCC(=O)OCC(CCCCC)CCCCC. The van der Waals surface area contributed by atoms with Crippen LogP contribution in [0.1, 0.15) is 207 Å². The lowest BCUT2D eigenvalue weighted by Gasteiger charge is -2.18. The van der Waals surface area contributed by atoms with Crippen LogP contribution in [-0.2, 0) is 61.8 Å². The highest BCUT2D eigenvalue weighted by Crippen LogP contribution is 2.20. The Hall–Kier alpha value is -1.39. The Morgan fingerprint density at radius 1 is 0.379 bits per heavy atom. The zero-order valence-corrected chi connectivity index (χ0v) is 44.0. The van der Waals surface area contributed by atoms with Gasteiger partial charge in [0.05, 0.1) is 85.5 Å². The molecule has 394 valence electrons. The highest BCUT2D eigenvalue weighted by Gasteiger charge is 2.14. The topological polar surface area (TPSA) is 151 Å². The number of hydrogen-bond donors (Lipinski definition) is 0. The van der Waals surface area contributed by atoms with E-state index in [4.69, 9.17) is 37.9 Å². The Bertz CT molecular complexity index is 1130. The molecule has 14 heteroatoms. The van der Waals surface area contributed by atoms with Crippen molar-refractivity contribution in [3.63, 3.8) is 0 Å². The molecule has 0 aromatic heterocycles. The monoisotopic (exact) mass is 967 g/mol. The van der Waals surface area contributed by atoms with Crippen LogP contribution < -0.4 is 0 Å². The minimum Gasteiger partial charge on any atom is -0.465 e. The van der Waals surface area contributed by atoms with Crippen molar-refractivity contribution in [1.29, 1.82) is 0 Å². The van der Waals surface area contributed by atoms with Gasteiger partial charge in [-0.3, -0.25) is 13.8 Å². The quantitative estimate of drug-likeness (QED) is 0.0323. The molecule has 0 heterocycles. The van der Waals surface area contributed by atoms with Crippen molar-refractivity contribution in [3.8, 4) is 0 Å². The third kappa shape index (κ3) is 49.0. The molecule has 0 aliphatic rings. The molecule has 0 saturated heterocycles. The van der Waals surface area contributed by atoms with E-state index in [9.17, 15) is 18.0 Å². The summed E-state index contributed by atoms with van der Waals surface area (Å²) in [6, 6.07) is 0. The second-order valence-corrected chi connectivity index (χ2v) is 19.8. The first kappa shape index (κ1) is 64.6. The Balaban J connectivity index is 4.41. The summed E-state index contributed by atoms with van der Waals surface area (Å²) in [6.45, 7) is 14.8. The van der Waals surface area contributed by atoms with Crippen molar-refractivity contribution in [2.75, 3.05) is 98.8 Å². The fourth-order valence-corrected chi connectivity index (χ4v) is 7.91. The lowest BCUT2D eigenvalue weighted by atomic mass is 9.96. The van der Waals surface area contributed by atoms with Crippen LogP contribution in [0.15, 0.2) is 0 Å². The van der Waals surface area contributed by atoms with Gasteiger partial charge in [0, 0.05) is 26.1 Å². The molecule has 0 amide bonds. The summed E-state index contributed by atoms with van der Waals surface area (Å²) in [5.41, 5.74) is 0. The van der Waals surface area contributed by atoms with E-state index in [0.717, 1.165) is 89.7 Å². The van der Waals surface area contributed by atoms with Crippen molar-refractivity contribution >= 4 is 22.1 Å².